The molecule has 0 amide bonds. The summed E-state index contributed by atoms with van der Waals surface area (Å²) in [7, 11) is 0. The number of carbonyl (C=O) groups is 1. The number of alkyl halides is 1. The summed E-state index contributed by atoms with van der Waals surface area (Å²) in [5.74, 6) is -3.57. The van der Waals surface area contributed by atoms with Crippen LogP contribution in [-0.4, -0.2) is 114 Å². The van der Waals surface area contributed by atoms with Crippen molar-refractivity contribution >= 4 is 23.6 Å². The summed E-state index contributed by atoms with van der Waals surface area (Å²) in [5.41, 5.74) is -1.72. The summed E-state index contributed by atoms with van der Waals surface area (Å²) in [6, 6.07) is 3.91. The van der Waals surface area contributed by atoms with Crippen molar-refractivity contribution in [3.8, 4) is 11.5 Å². The smallest absolute Gasteiger partial charge is 0.331 e. The molecule has 2 heterocycles. The van der Waals surface area contributed by atoms with Crippen LogP contribution in [0.1, 0.15) is 5.56 Å². The van der Waals surface area contributed by atoms with E-state index >= 15 is 0 Å². The van der Waals surface area contributed by atoms with Gasteiger partial charge in [0, 0.05) is 12.0 Å². The van der Waals surface area contributed by atoms with E-state index in [1.54, 1.807) is 0 Å². The summed E-state index contributed by atoms with van der Waals surface area (Å²) in [5, 5.41) is 78.8. The number of aliphatic hydroxyl groups excluding tert-OH is 5. The maximum Gasteiger partial charge on any atom is 0.331 e. The molecule has 3 aliphatic rings. The molecule has 1 saturated heterocycles. The van der Waals surface area contributed by atoms with Crippen LogP contribution in [0.15, 0.2) is 36.6 Å². The van der Waals surface area contributed by atoms with Crippen LogP contribution >= 0.6 is 11.6 Å². The molecule has 8 N–H and O–H groups in total. The van der Waals surface area contributed by atoms with Gasteiger partial charge >= 0.3 is 5.97 Å². The zero-order valence-corrected chi connectivity index (χ0v) is 20.5. The lowest BCUT2D eigenvalue weighted by Crippen LogP contribution is -2.61. The van der Waals surface area contributed by atoms with Gasteiger partial charge in [-0.3, -0.25) is 0 Å². The number of esters is 1. The number of ether oxygens (including phenoxy) is 4. The van der Waals surface area contributed by atoms with Gasteiger partial charge in [0.1, 0.15) is 41.5 Å². The fraction of sp³-hybridized carbons (Fsp3) is 0.542. The fourth-order valence-electron chi connectivity index (χ4n) is 4.89. The van der Waals surface area contributed by atoms with Crippen molar-refractivity contribution in [2.24, 2.45) is 11.8 Å². The first-order chi connectivity index (χ1) is 18.0. The standard InChI is InChI=1S/C24H29ClO13/c25-21-20(37-15(30)4-2-10-1-3-12(28)13(29)7-10)11-5-6-35-22(16(11)24(21,34)9-27)38-23-19(33)18(32)17(31)14(8-26)36-23/h1-7,11,14,16-23,26-29,31-34H,8-9H2/b4-2+/t11-,14+,16-,17+,18-,19+,20+,21-,22+,23-,24-/m1/s1. The highest BCUT2D eigenvalue weighted by atomic mass is 35.5. The van der Waals surface area contributed by atoms with E-state index in [1.807, 2.05) is 0 Å². The minimum absolute atomic E-state index is 0.332. The number of carbonyl (C=O) groups excluding carboxylic acids is 1. The molecular formula is C24H29ClO13. The van der Waals surface area contributed by atoms with Crippen LogP contribution in [-0.2, 0) is 23.7 Å². The number of hydrogen-bond acceptors (Lipinski definition) is 13. The van der Waals surface area contributed by atoms with E-state index in [9.17, 15) is 45.6 Å². The van der Waals surface area contributed by atoms with Crippen LogP contribution in [0.3, 0.4) is 0 Å². The minimum Gasteiger partial charge on any atom is -0.504 e. The molecule has 0 aromatic heterocycles. The van der Waals surface area contributed by atoms with Gasteiger partial charge in [0.2, 0.25) is 6.29 Å². The largest absolute Gasteiger partial charge is 0.504 e. The molecule has 1 aromatic rings. The van der Waals surface area contributed by atoms with Crippen LogP contribution in [0.25, 0.3) is 6.08 Å². The minimum atomic E-state index is -2.10. The third-order valence-electron chi connectivity index (χ3n) is 6.98. The SMILES string of the molecule is O=C(/C=C/c1ccc(O)c(O)c1)O[C@H]1[C@@H]2C=CO[C@@H](O[C@H]3O[C@@H](CO)[C@H](O)[C@@H](O)[C@@H]3O)[C@@H]2[C@](O)(CO)[C@@H]1Cl. The highest BCUT2D eigenvalue weighted by Gasteiger charge is 2.65. The van der Waals surface area contributed by atoms with Crippen molar-refractivity contribution in [2.75, 3.05) is 13.2 Å². The highest BCUT2D eigenvalue weighted by molar-refractivity contribution is 6.22. The molecule has 1 aliphatic carbocycles. The van der Waals surface area contributed by atoms with Crippen LogP contribution < -0.4 is 0 Å². The van der Waals surface area contributed by atoms with E-state index in [2.05, 4.69) is 0 Å². The molecule has 0 unspecified atom stereocenters. The van der Waals surface area contributed by atoms with E-state index in [-0.39, 0.29) is 11.5 Å². The Morgan fingerprint density at radius 2 is 1.82 bits per heavy atom. The second-order valence-corrected chi connectivity index (χ2v) is 9.77. The van der Waals surface area contributed by atoms with E-state index in [0.29, 0.717) is 5.56 Å². The van der Waals surface area contributed by atoms with Gasteiger partial charge in [0.25, 0.3) is 0 Å². The first-order valence-electron chi connectivity index (χ1n) is 11.7. The van der Waals surface area contributed by atoms with Crippen LogP contribution in [0, 0.1) is 11.8 Å². The molecule has 11 atom stereocenters. The average Bonchev–Trinajstić information content (AvgIpc) is 3.12. The number of hydrogen-bond donors (Lipinski definition) is 8. The lowest BCUT2D eigenvalue weighted by atomic mass is 9.84. The second kappa shape index (κ2) is 11.3. The van der Waals surface area contributed by atoms with Crippen molar-refractivity contribution in [1.29, 1.82) is 0 Å². The van der Waals surface area contributed by atoms with E-state index in [4.69, 9.17) is 30.5 Å². The Hall–Kier alpha value is -2.46. The average molecular weight is 561 g/mol. The molecule has 1 aromatic carbocycles. The molecule has 0 bridgehead atoms. The summed E-state index contributed by atoms with van der Waals surface area (Å²) in [6.45, 7) is -1.58. The van der Waals surface area contributed by atoms with Crippen LogP contribution in [0.5, 0.6) is 11.5 Å². The maximum absolute atomic E-state index is 12.6. The molecule has 2 aliphatic heterocycles. The Kier molecular flexibility index (Phi) is 8.52. The van der Waals surface area contributed by atoms with E-state index in [0.717, 1.165) is 6.08 Å². The Bertz CT molecular complexity index is 1060. The van der Waals surface area contributed by atoms with Gasteiger partial charge in [0.05, 0.1) is 25.4 Å². The van der Waals surface area contributed by atoms with Gasteiger partial charge in [-0.15, -0.1) is 11.6 Å². The number of fused-ring (bicyclic) bond motifs is 1. The Balaban J connectivity index is 1.52. The number of rotatable bonds is 7. The molecular weight excluding hydrogens is 532 g/mol. The third kappa shape index (κ3) is 5.21. The summed E-state index contributed by atoms with van der Waals surface area (Å²) >= 11 is 6.48. The molecule has 2 fully saturated rings. The van der Waals surface area contributed by atoms with Crippen molar-refractivity contribution in [1.82, 2.24) is 0 Å². The van der Waals surface area contributed by atoms with E-state index in [1.165, 1.54) is 36.6 Å². The second-order valence-electron chi connectivity index (χ2n) is 9.30. The fourth-order valence-corrected chi connectivity index (χ4v) is 5.32. The molecule has 38 heavy (non-hydrogen) atoms. The number of phenols is 2. The molecule has 4 rings (SSSR count). The van der Waals surface area contributed by atoms with Crippen LogP contribution in [0.2, 0.25) is 0 Å². The van der Waals surface area contributed by atoms with Gasteiger partial charge in [-0.1, -0.05) is 6.07 Å². The third-order valence-corrected chi connectivity index (χ3v) is 7.60. The van der Waals surface area contributed by atoms with Gasteiger partial charge in [-0.25, -0.2) is 4.79 Å². The van der Waals surface area contributed by atoms with Gasteiger partial charge in [0.15, 0.2) is 17.8 Å². The molecule has 1 saturated carbocycles. The number of aliphatic hydroxyl groups is 6. The Morgan fingerprint density at radius 1 is 1.08 bits per heavy atom. The summed E-state index contributed by atoms with van der Waals surface area (Å²) in [4.78, 5) is 12.6. The molecule has 14 heteroatoms. The Labute approximate surface area is 221 Å². The summed E-state index contributed by atoms with van der Waals surface area (Å²) in [6.07, 6.45) is -5.55. The highest BCUT2D eigenvalue weighted by Crippen LogP contribution is 2.50. The normalized spacial score (nSPS) is 40.6. The van der Waals surface area contributed by atoms with Crippen molar-refractivity contribution in [3.05, 3.63) is 42.2 Å². The predicted octanol–water partition coefficient (Wildman–Crippen LogP) is -1.71. The van der Waals surface area contributed by atoms with Crippen molar-refractivity contribution in [3.63, 3.8) is 0 Å². The molecule has 0 radical (unpaired) electrons. The van der Waals surface area contributed by atoms with Crippen molar-refractivity contribution in [2.45, 2.75) is 54.1 Å². The number of benzene rings is 1. The van der Waals surface area contributed by atoms with E-state index < -0.39 is 85.1 Å². The lowest BCUT2D eigenvalue weighted by Gasteiger charge is -2.43. The first-order valence-corrected chi connectivity index (χ1v) is 12.1. The Morgan fingerprint density at radius 3 is 2.47 bits per heavy atom. The lowest BCUT2D eigenvalue weighted by molar-refractivity contribution is -0.347. The maximum atomic E-state index is 12.6. The monoisotopic (exact) mass is 560 g/mol. The van der Waals surface area contributed by atoms with Crippen molar-refractivity contribution < 1.29 is 64.6 Å². The van der Waals surface area contributed by atoms with Crippen LogP contribution in [0.4, 0.5) is 0 Å². The number of halogens is 1. The van der Waals surface area contributed by atoms with Gasteiger partial charge in [-0.05, 0) is 29.8 Å². The topological polar surface area (TPSA) is 216 Å². The zero-order chi connectivity index (χ0) is 27.8. The molecule has 0 spiro atoms. The van der Waals surface area contributed by atoms with Gasteiger partial charge < -0.3 is 59.8 Å². The zero-order valence-electron chi connectivity index (χ0n) is 19.7. The van der Waals surface area contributed by atoms with Gasteiger partial charge in [-0.2, -0.15) is 0 Å². The predicted molar refractivity (Wildman–Crippen MR) is 126 cm³/mol. The first kappa shape index (κ1) is 28.5. The number of aromatic hydroxyl groups is 2. The quantitative estimate of drug-likeness (QED) is 0.0807. The molecule has 210 valence electrons. The molecule has 13 nitrogen and oxygen atoms in total. The summed E-state index contributed by atoms with van der Waals surface area (Å²) < 4.78 is 22.0. The number of phenolic OH excluding ortho intramolecular Hbond substituents is 2.